The molecule has 1 amide bonds. The number of carbonyl (C=O) groups excluding carboxylic acids is 1. The Bertz CT molecular complexity index is 1390. The van der Waals surface area contributed by atoms with Crippen LogP contribution >= 0.6 is 0 Å². The largest absolute Gasteiger partial charge is 0.394 e. The zero-order valence-corrected chi connectivity index (χ0v) is 49.0. The van der Waals surface area contributed by atoms with Crippen molar-refractivity contribution in [1.82, 2.24) is 5.32 Å². The maximum atomic E-state index is 13.2. The molecule has 77 heavy (non-hydrogen) atoms. The van der Waals surface area contributed by atoms with E-state index >= 15 is 0 Å². The Labute approximate surface area is 468 Å². The fourth-order valence-corrected chi connectivity index (χ4v) is 10.7. The van der Waals surface area contributed by atoms with Crippen molar-refractivity contribution in [2.75, 3.05) is 19.8 Å². The van der Waals surface area contributed by atoms with Gasteiger partial charge < -0.3 is 65.1 Å². The molecule has 12 atom stereocenters. The van der Waals surface area contributed by atoms with Gasteiger partial charge in [-0.2, -0.15) is 0 Å². The highest BCUT2D eigenvalue weighted by atomic mass is 16.7. The summed E-state index contributed by atoms with van der Waals surface area (Å²) in [6, 6.07) is -0.926. The Morgan fingerprint density at radius 1 is 0.455 bits per heavy atom. The van der Waals surface area contributed by atoms with Crippen LogP contribution in [0.2, 0.25) is 0 Å². The lowest BCUT2D eigenvalue weighted by atomic mass is 9.97. The topological polar surface area (TPSA) is 228 Å². The number of amides is 1. The monoisotopic (exact) mass is 1100 g/mol. The number of ether oxygens (including phenoxy) is 4. The van der Waals surface area contributed by atoms with E-state index in [1.54, 1.807) is 6.08 Å². The van der Waals surface area contributed by atoms with Gasteiger partial charge >= 0.3 is 0 Å². The average Bonchev–Trinajstić information content (AvgIpc) is 3.43. The maximum absolute atomic E-state index is 13.2. The van der Waals surface area contributed by atoms with Crippen molar-refractivity contribution in [1.29, 1.82) is 0 Å². The van der Waals surface area contributed by atoms with Gasteiger partial charge in [0.25, 0.3) is 0 Å². The molecule has 0 aliphatic carbocycles. The molecule has 0 bridgehead atoms. The predicted octanol–water partition coefficient (Wildman–Crippen LogP) is 11.6. The van der Waals surface area contributed by atoms with E-state index in [1.165, 1.54) is 205 Å². The van der Waals surface area contributed by atoms with E-state index in [0.29, 0.717) is 12.8 Å². The first-order chi connectivity index (χ1) is 37.6. The fraction of sp³-hybridized carbons (Fsp3) is 0.921. The Hall–Kier alpha value is -1.53. The predicted molar refractivity (Wildman–Crippen MR) is 309 cm³/mol. The molecule has 0 spiro atoms. The van der Waals surface area contributed by atoms with Gasteiger partial charge in [-0.15, -0.1) is 0 Å². The molecule has 2 rings (SSSR count). The van der Waals surface area contributed by atoms with Crippen LogP contribution in [-0.4, -0.2) is 140 Å². The quantitative estimate of drug-likeness (QED) is 0.0204. The molecule has 2 fully saturated rings. The summed E-state index contributed by atoms with van der Waals surface area (Å²) >= 11 is 0. The zero-order chi connectivity index (χ0) is 56.0. The average molecular weight is 1100 g/mol. The first kappa shape index (κ1) is 71.6. The van der Waals surface area contributed by atoms with E-state index in [4.69, 9.17) is 18.9 Å². The number of hydrogen-bond donors (Lipinski definition) is 9. The summed E-state index contributed by atoms with van der Waals surface area (Å²) < 4.78 is 22.7. The summed E-state index contributed by atoms with van der Waals surface area (Å²) in [4.78, 5) is 13.2. The van der Waals surface area contributed by atoms with Gasteiger partial charge in [0.05, 0.1) is 32.0 Å². The SMILES string of the molecule is CCCCC/C=C/CC/C=C/C(O)C(COC1OC(CO)C(OC2OC(CO)C(O)C(O)C2O)C(O)C1O)NC(=O)CCCCCCCCCCCCCCCCCCCCCCCCCCCCCCCCCCCC. The van der Waals surface area contributed by atoms with Gasteiger partial charge in [0, 0.05) is 6.42 Å². The van der Waals surface area contributed by atoms with E-state index < -0.39 is 86.8 Å². The Balaban J connectivity index is 1.56. The van der Waals surface area contributed by atoms with Crippen molar-refractivity contribution in [2.45, 2.75) is 351 Å². The highest BCUT2D eigenvalue weighted by Crippen LogP contribution is 2.30. The zero-order valence-electron chi connectivity index (χ0n) is 49.0. The van der Waals surface area contributed by atoms with Gasteiger partial charge in [-0.3, -0.25) is 4.79 Å². The highest BCUT2D eigenvalue weighted by molar-refractivity contribution is 5.76. The number of aliphatic hydroxyl groups is 8. The molecule has 454 valence electrons. The molecular weight excluding hydrogens is 979 g/mol. The van der Waals surface area contributed by atoms with Crippen LogP contribution in [-0.2, 0) is 23.7 Å². The van der Waals surface area contributed by atoms with Crippen LogP contribution < -0.4 is 5.32 Å². The molecule has 14 heteroatoms. The summed E-state index contributed by atoms with van der Waals surface area (Å²) in [5.41, 5.74) is 0. The molecule has 0 aromatic heterocycles. The van der Waals surface area contributed by atoms with Gasteiger partial charge in [0.15, 0.2) is 12.6 Å². The van der Waals surface area contributed by atoms with E-state index in [2.05, 4.69) is 31.3 Å². The summed E-state index contributed by atoms with van der Waals surface area (Å²) in [6.45, 7) is 2.74. The number of unbranched alkanes of at least 4 members (excludes halogenated alkanes) is 37. The van der Waals surface area contributed by atoms with E-state index in [-0.39, 0.29) is 18.9 Å². The van der Waals surface area contributed by atoms with Gasteiger partial charge in [-0.1, -0.05) is 263 Å². The van der Waals surface area contributed by atoms with E-state index in [1.807, 2.05) is 6.08 Å². The van der Waals surface area contributed by atoms with E-state index in [0.717, 1.165) is 38.5 Å². The number of carbonyl (C=O) groups is 1. The summed E-state index contributed by atoms with van der Waals surface area (Å²) in [5.74, 6) is -0.247. The summed E-state index contributed by atoms with van der Waals surface area (Å²) in [6.07, 6.45) is 42.9. The Kier molecular flexibility index (Phi) is 45.7. The first-order valence-corrected chi connectivity index (χ1v) is 32.1. The third-order valence-electron chi connectivity index (χ3n) is 15.9. The van der Waals surface area contributed by atoms with Crippen LogP contribution in [0.3, 0.4) is 0 Å². The first-order valence-electron chi connectivity index (χ1n) is 32.1. The Morgan fingerprint density at radius 3 is 1.27 bits per heavy atom. The van der Waals surface area contributed by atoms with Crippen LogP contribution in [0.1, 0.15) is 277 Å². The van der Waals surface area contributed by atoms with Crippen LogP contribution in [0.15, 0.2) is 24.3 Å². The molecular formula is C63H119NO13. The second-order valence-corrected chi connectivity index (χ2v) is 22.9. The van der Waals surface area contributed by atoms with Crippen LogP contribution in [0.4, 0.5) is 0 Å². The standard InChI is InChI=1S/C63H119NO13/c1-3-5-7-9-11-13-14-15-16-17-18-19-20-21-22-23-24-25-26-27-28-29-30-31-32-33-34-35-36-37-39-41-43-45-47-55(68)64-51(52(67)46-44-42-40-38-12-10-8-6-4-2)50-74-62-60(73)58(71)61(54(49-66)76-62)77-63-59(72)57(70)56(69)53(48-65)75-63/h12,38,44,46,51-54,56-63,65-67,69-73H,3-11,13-37,39-43,45,47-50H2,1-2H3,(H,64,68)/b38-12+,46-44+. The third kappa shape index (κ3) is 34.5. The van der Waals surface area contributed by atoms with Gasteiger partial charge in [-0.05, 0) is 32.1 Å². The van der Waals surface area contributed by atoms with Crippen molar-refractivity contribution in [3.63, 3.8) is 0 Å². The smallest absolute Gasteiger partial charge is 0.220 e. The molecule has 0 aromatic carbocycles. The lowest BCUT2D eigenvalue weighted by Gasteiger charge is -2.46. The van der Waals surface area contributed by atoms with Crippen LogP contribution in [0, 0.1) is 0 Å². The van der Waals surface area contributed by atoms with Crippen molar-refractivity contribution in [3.8, 4) is 0 Å². The minimum Gasteiger partial charge on any atom is -0.394 e. The van der Waals surface area contributed by atoms with Gasteiger partial charge in [0.2, 0.25) is 5.91 Å². The molecule has 14 nitrogen and oxygen atoms in total. The second-order valence-electron chi connectivity index (χ2n) is 22.9. The van der Waals surface area contributed by atoms with E-state index in [9.17, 15) is 45.6 Å². The molecule has 2 saturated heterocycles. The number of rotatable bonds is 52. The molecule has 0 radical (unpaired) electrons. The number of nitrogens with one attached hydrogen (secondary N) is 1. The summed E-state index contributed by atoms with van der Waals surface area (Å²) in [7, 11) is 0. The molecule has 12 unspecified atom stereocenters. The second kappa shape index (κ2) is 49.1. The minimum atomic E-state index is -1.79. The molecule has 0 saturated carbocycles. The number of allylic oxidation sites excluding steroid dienone is 3. The van der Waals surface area contributed by atoms with Crippen molar-refractivity contribution in [2.24, 2.45) is 0 Å². The van der Waals surface area contributed by atoms with Crippen LogP contribution in [0.25, 0.3) is 0 Å². The molecule has 0 aromatic rings. The van der Waals surface area contributed by atoms with Crippen molar-refractivity contribution >= 4 is 5.91 Å². The maximum Gasteiger partial charge on any atom is 0.220 e. The minimum absolute atomic E-state index is 0.247. The van der Waals surface area contributed by atoms with Crippen molar-refractivity contribution in [3.05, 3.63) is 24.3 Å². The third-order valence-corrected chi connectivity index (χ3v) is 15.9. The highest BCUT2D eigenvalue weighted by Gasteiger charge is 2.51. The molecule has 2 heterocycles. The molecule has 9 N–H and O–H groups in total. The molecule has 2 aliphatic rings. The number of hydrogen-bond acceptors (Lipinski definition) is 13. The lowest BCUT2D eigenvalue weighted by Crippen LogP contribution is -2.65. The van der Waals surface area contributed by atoms with Crippen LogP contribution in [0.5, 0.6) is 0 Å². The summed E-state index contributed by atoms with van der Waals surface area (Å²) in [5, 5.41) is 86.8. The Morgan fingerprint density at radius 2 is 0.831 bits per heavy atom. The fourth-order valence-electron chi connectivity index (χ4n) is 10.7. The normalized spacial score (nSPS) is 24.8. The van der Waals surface area contributed by atoms with Gasteiger partial charge in [-0.25, -0.2) is 0 Å². The van der Waals surface area contributed by atoms with Crippen molar-refractivity contribution < 1.29 is 64.6 Å². The van der Waals surface area contributed by atoms with Gasteiger partial charge in [0.1, 0.15) is 48.8 Å². The molecule has 2 aliphatic heterocycles. The number of aliphatic hydroxyl groups excluding tert-OH is 8. The lowest BCUT2D eigenvalue weighted by molar-refractivity contribution is -0.359.